The van der Waals surface area contributed by atoms with Crippen LogP contribution in [0.25, 0.3) is 5.82 Å². The molecule has 0 saturated carbocycles. The van der Waals surface area contributed by atoms with Gasteiger partial charge in [-0.3, -0.25) is 9.69 Å². The molecule has 3 aliphatic rings. The van der Waals surface area contributed by atoms with E-state index in [-0.39, 0.29) is 17.9 Å². The minimum absolute atomic E-state index is 0.155. The van der Waals surface area contributed by atoms with Crippen LogP contribution in [0, 0.1) is 0 Å². The number of pyridine rings is 1. The van der Waals surface area contributed by atoms with Gasteiger partial charge in [-0.2, -0.15) is 4.68 Å². The van der Waals surface area contributed by atoms with Gasteiger partial charge >= 0.3 is 5.97 Å². The highest BCUT2D eigenvalue weighted by Crippen LogP contribution is 2.31. The fraction of sp³-hybridized carbons (Fsp3) is 0.391. The lowest BCUT2D eigenvalue weighted by Gasteiger charge is -2.34. The summed E-state index contributed by atoms with van der Waals surface area (Å²) in [6, 6.07) is 10.4. The van der Waals surface area contributed by atoms with E-state index in [0.717, 1.165) is 43.6 Å². The number of hydrogen-bond donors (Lipinski definition) is 0. The number of tetrazole rings is 1. The molecule has 0 radical (unpaired) electrons. The zero-order chi connectivity index (χ0) is 22.4. The van der Waals surface area contributed by atoms with Crippen LogP contribution in [0.4, 0.5) is 0 Å². The van der Waals surface area contributed by atoms with Crippen LogP contribution >= 0.6 is 0 Å². The molecule has 3 aliphatic heterocycles. The molecule has 0 unspecified atom stereocenters. The Morgan fingerprint density at radius 1 is 1.12 bits per heavy atom. The minimum atomic E-state index is -0.225. The molecule has 0 spiro atoms. The first-order valence-electron chi connectivity index (χ1n) is 11.1. The average molecular weight is 445 g/mol. The Bertz CT molecular complexity index is 1200. The van der Waals surface area contributed by atoms with E-state index in [9.17, 15) is 9.59 Å². The van der Waals surface area contributed by atoms with E-state index < -0.39 is 0 Å². The second kappa shape index (κ2) is 8.04. The number of cyclic esters (lactones) is 1. The van der Waals surface area contributed by atoms with Crippen molar-refractivity contribution < 1.29 is 14.3 Å². The van der Waals surface area contributed by atoms with Crippen molar-refractivity contribution in [2.24, 2.45) is 0 Å². The predicted molar refractivity (Wildman–Crippen MR) is 115 cm³/mol. The van der Waals surface area contributed by atoms with Gasteiger partial charge < -0.3 is 9.64 Å². The van der Waals surface area contributed by atoms with Crippen LogP contribution in [-0.2, 0) is 29.0 Å². The number of carbonyl (C=O) groups is 2. The van der Waals surface area contributed by atoms with Gasteiger partial charge in [0.05, 0.1) is 12.0 Å². The van der Waals surface area contributed by atoms with E-state index in [1.165, 1.54) is 16.6 Å². The monoisotopic (exact) mass is 445 g/mol. The van der Waals surface area contributed by atoms with E-state index in [1.54, 1.807) is 6.20 Å². The molecule has 2 fully saturated rings. The summed E-state index contributed by atoms with van der Waals surface area (Å²) in [6.45, 7) is 3.04. The molecule has 2 aromatic heterocycles. The number of piperazine rings is 1. The lowest BCUT2D eigenvalue weighted by molar-refractivity contribution is -0.132. The van der Waals surface area contributed by atoms with Crippen molar-refractivity contribution in [2.75, 3.05) is 19.6 Å². The number of amides is 1. The lowest BCUT2D eigenvalue weighted by Crippen LogP contribution is -2.49. The molecule has 1 aromatic carbocycles. The Kier molecular flexibility index (Phi) is 4.87. The summed E-state index contributed by atoms with van der Waals surface area (Å²) in [7, 11) is 0. The number of benzene rings is 1. The zero-order valence-electron chi connectivity index (χ0n) is 18.0. The first-order chi connectivity index (χ1) is 16.1. The summed E-state index contributed by atoms with van der Waals surface area (Å²) in [5.41, 5.74) is 3.78. The number of nitrogens with zero attached hydrogens (tertiary/aromatic N) is 7. The van der Waals surface area contributed by atoms with Gasteiger partial charge in [-0.25, -0.2) is 9.78 Å². The molecule has 0 N–H and O–H groups in total. The second-order valence-corrected chi connectivity index (χ2v) is 8.86. The quantitative estimate of drug-likeness (QED) is 0.513. The van der Waals surface area contributed by atoms with Crippen LogP contribution in [0.15, 0.2) is 42.9 Å². The van der Waals surface area contributed by atoms with Crippen molar-refractivity contribution in [1.29, 1.82) is 0 Å². The SMILES string of the molecule is O=C1OCc2cc(CCN3C[C@@H]4C[C@H]3CN4C(=O)Cc3ccc(-n4cnnn4)nc3)ccc21. The Labute approximate surface area is 190 Å². The highest BCUT2D eigenvalue weighted by molar-refractivity contribution is 5.93. The number of carbonyl (C=O) groups excluding carboxylic acids is 2. The summed E-state index contributed by atoms with van der Waals surface area (Å²) >= 11 is 0. The van der Waals surface area contributed by atoms with Crippen molar-refractivity contribution in [1.82, 2.24) is 35.0 Å². The maximum Gasteiger partial charge on any atom is 0.338 e. The summed E-state index contributed by atoms with van der Waals surface area (Å²) in [5, 5.41) is 11.0. The van der Waals surface area contributed by atoms with E-state index in [0.29, 0.717) is 30.5 Å². The minimum Gasteiger partial charge on any atom is -0.457 e. The van der Waals surface area contributed by atoms with Crippen molar-refractivity contribution in [3.05, 3.63) is 65.1 Å². The van der Waals surface area contributed by atoms with Gasteiger partial charge in [-0.15, -0.1) is 5.10 Å². The van der Waals surface area contributed by atoms with Gasteiger partial charge in [-0.1, -0.05) is 18.2 Å². The van der Waals surface area contributed by atoms with E-state index in [4.69, 9.17) is 4.74 Å². The van der Waals surface area contributed by atoms with Gasteiger partial charge in [0.25, 0.3) is 0 Å². The molecular formula is C23H23N7O3. The van der Waals surface area contributed by atoms with Crippen LogP contribution in [0.5, 0.6) is 0 Å². The van der Waals surface area contributed by atoms with Crippen molar-refractivity contribution in [3.63, 3.8) is 0 Å². The van der Waals surface area contributed by atoms with Crippen LogP contribution in [0.3, 0.4) is 0 Å². The summed E-state index contributed by atoms with van der Waals surface area (Å²) < 4.78 is 6.58. The molecular weight excluding hydrogens is 422 g/mol. The Hall–Kier alpha value is -3.66. The molecule has 33 heavy (non-hydrogen) atoms. The van der Waals surface area contributed by atoms with Crippen LogP contribution in [0.2, 0.25) is 0 Å². The van der Waals surface area contributed by atoms with Gasteiger partial charge in [0.1, 0.15) is 12.9 Å². The van der Waals surface area contributed by atoms with Crippen LogP contribution < -0.4 is 0 Å². The molecule has 168 valence electrons. The fourth-order valence-electron chi connectivity index (χ4n) is 5.14. The van der Waals surface area contributed by atoms with Crippen LogP contribution in [0.1, 0.15) is 33.5 Å². The molecule has 2 saturated heterocycles. The molecule has 5 heterocycles. The first kappa shape index (κ1) is 20.0. The molecule has 10 heteroatoms. The fourth-order valence-corrected chi connectivity index (χ4v) is 5.14. The third-order valence-electron chi connectivity index (χ3n) is 6.86. The Balaban J connectivity index is 1.02. The first-order valence-corrected chi connectivity index (χ1v) is 11.1. The van der Waals surface area contributed by atoms with E-state index in [1.807, 2.05) is 29.2 Å². The molecule has 2 atom stereocenters. The van der Waals surface area contributed by atoms with Gasteiger partial charge in [0.2, 0.25) is 5.91 Å². The summed E-state index contributed by atoms with van der Waals surface area (Å²) in [6.07, 6.45) is 5.51. The Morgan fingerprint density at radius 2 is 2.03 bits per heavy atom. The van der Waals surface area contributed by atoms with Crippen molar-refractivity contribution >= 4 is 11.9 Å². The molecule has 1 amide bonds. The number of fused-ring (bicyclic) bond motifs is 3. The summed E-state index contributed by atoms with van der Waals surface area (Å²) in [4.78, 5) is 33.4. The standard InChI is InChI=1S/C23H23N7O3/c31-22(8-16-2-4-21(24-10-16)30-14-25-26-27-30)29-12-18-9-19(29)11-28(18)6-5-15-1-3-20-17(7-15)13-33-23(20)32/h1-4,7,10,14,18-19H,5-6,8-9,11-13H2/t18-,19-/m0/s1. The second-order valence-electron chi connectivity index (χ2n) is 8.86. The van der Waals surface area contributed by atoms with Crippen molar-refractivity contribution in [3.8, 4) is 5.82 Å². The predicted octanol–water partition coefficient (Wildman–Crippen LogP) is 0.798. The van der Waals surface area contributed by atoms with Crippen molar-refractivity contribution in [2.45, 2.75) is 38.0 Å². The molecule has 2 bridgehead atoms. The third-order valence-corrected chi connectivity index (χ3v) is 6.86. The molecule has 10 nitrogen and oxygen atoms in total. The lowest BCUT2D eigenvalue weighted by atomic mass is 10.0. The molecule has 6 rings (SSSR count). The number of esters is 1. The largest absolute Gasteiger partial charge is 0.457 e. The normalized spacial score (nSPS) is 21.5. The average Bonchev–Trinajstić information content (AvgIpc) is 3.63. The number of likely N-dealkylation sites (tertiary alicyclic amines) is 2. The van der Waals surface area contributed by atoms with Gasteiger partial charge in [0.15, 0.2) is 5.82 Å². The third kappa shape index (κ3) is 3.76. The summed E-state index contributed by atoms with van der Waals surface area (Å²) in [5.74, 6) is 0.550. The Morgan fingerprint density at radius 3 is 2.79 bits per heavy atom. The maximum atomic E-state index is 12.9. The van der Waals surface area contributed by atoms with Crippen LogP contribution in [-0.4, -0.2) is 78.6 Å². The number of hydrogen-bond acceptors (Lipinski definition) is 8. The number of aromatic nitrogens is 5. The zero-order valence-corrected chi connectivity index (χ0v) is 18.0. The number of rotatable bonds is 6. The van der Waals surface area contributed by atoms with Gasteiger partial charge in [0, 0.05) is 43.5 Å². The topological polar surface area (TPSA) is 106 Å². The smallest absolute Gasteiger partial charge is 0.338 e. The molecule has 3 aromatic rings. The molecule has 0 aliphatic carbocycles. The highest BCUT2D eigenvalue weighted by atomic mass is 16.5. The van der Waals surface area contributed by atoms with E-state index >= 15 is 0 Å². The highest BCUT2D eigenvalue weighted by Gasteiger charge is 2.44. The van der Waals surface area contributed by atoms with Gasteiger partial charge in [-0.05, 0) is 46.5 Å². The maximum absolute atomic E-state index is 12.9. The van der Waals surface area contributed by atoms with E-state index in [2.05, 4.69) is 31.5 Å². The number of ether oxygens (including phenoxy) is 1.